The van der Waals surface area contributed by atoms with E-state index in [9.17, 15) is 14.4 Å². The molecule has 0 rings (SSSR count). The number of ether oxygens (including phenoxy) is 3. The summed E-state index contributed by atoms with van der Waals surface area (Å²) in [7, 11) is 0. The third kappa shape index (κ3) is 45.5. The van der Waals surface area contributed by atoms with Gasteiger partial charge in [0, 0.05) is 19.3 Å². The second kappa shape index (κ2) is 43.5. The van der Waals surface area contributed by atoms with Gasteiger partial charge >= 0.3 is 17.9 Å². The number of hydrogen-bond acceptors (Lipinski definition) is 6. The van der Waals surface area contributed by atoms with Gasteiger partial charge in [-0.05, 0) is 37.0 Å². The van der Waals surface area contributed by atoms with Crippen LogP contribution in [0.2, 0.25) is 0 Å². The molecule has 0 unspecified atom stereocenters. The highest BCUT2D eigenvalue weighted by atomic mass is 16.6. The zero-order chi connectivity index (χ0) is 42.7. The molecule has 6 nitrogen and oxygen atoms in total. The molecule has 0 heterocycles. The Hall–Kier alpha value is -1.59. The zero-order valence-electron chi connectivity index (χ0n) is 39.8. The van der Waals surface area contributed by atoms with Crippen molar-refractivity contribution in [2.75, 3.05) is 13.2 Å². The summed E-state index contributed by atoms with van der Waals surface area (Å²) >= 11 is 0. The second-order valence-corrected chi connectivity index (χ2v) is 19.2. The van der Waals surface area contributed by atoms with Crippen molar-refractivity contribution in [3.8, 4) is 0 Å². The van der Waals surface area contributed by atoms with E-state index >= 15 is 0 Å². The molecule has 0 aromatic heterocycles. The first-order chi connectivity index (χ1) is 28.1. The van der Waals surface area contributed by atoms with Gasteiger partial charge in [0.2, 0.25) is 0 Å². The van der Waals surface area contributed by atoms with Gasteiger partial charge in [0.15, 0.2) is 6.10 Å². The van der Waals surface area contributed by atoms with Gasteiger partial charge in [0.05, 0.1) is 0 Å². The van der Waals surface area contributed by atoms with Crippen LogP contribution >= 0.6 is 0 Å². The molecule has 344 valence electrons. The Kier molecular flexibility index (Phi) is 42.3. The first-order valence-electron chi connectivity index (χ1n) is 25.6. The average molecular weight is 821 g/mol. The van der Waals surface area contributed by atoms with Crippen molar-refractivity contribution in [1.82, 2.24) is 0 Å². The van der Waals surface area contributed by atoms with Crippen molar-refractivity contribution in [2.24, 2.45) is 17.8 Å². The Balaban J connectivity index is 4.21. The van der Waals surface area contributed by atoms with Gasteiger partial charge in [0.25, 0.3) is 0 Å². The van der Waals surface area contributed by atoms with E-state index in [1.54, 1.807) is 0 Å². The molecule has 0 saturated carbocycles. The molecule has 6 heteroatoms. The summed E-state index contributed by atoms with van der Waals surface area (Å²) in [4.78, 5) is 37.8. The lowest BCUT2D eigenvalue weighted by Crippen LogP contribution is -2.30. The Labute approximate surface area is 361 Å². The second-order valence-electron chi connectivity index (χ2n) is 19.2. The highest BCUT2D eigenvalue weighted by molar-refractivity contribution is 5.71. The number of hydrogen-bond donors (Lipinski definition) is 0. The first kappa shape index (κ1) is 56.4. The molecule has 0 aromatic rings. The number of carbonyl (C=O) groups excluding carboxylic acids is 3. The van der Waals surface area contributed by atoms with E-state index in [0.717, 1.165) is 75.5 Å². The third-order valence-corrected chi connectivity index (χ3v) is 11.6. The summed E-state index contributed by atoms with van der Waals surface area (Å²) in [5.41, 5.74) is 0. The van der Waals surface area contributed by atoms with Crippen molar-refractivity contribution in [3.63, 3.8) is 0 Å². The van der Waals surface area contributed by atoms with E-state index in [-0.39, 0.29) is 31.1 Å². The fourth-order valence-corrected chi connectivity index (χ4v) is 7.76. The van der Waals surface area contributed by atoms with Crippen molar-refractivity contribution < 1.29 is 28.6 Å². The fourth-order valence-electron chi connectivity index (χ4n) is 7.76. The maximum Gasteiger partial charge on any atom is 0.306 e. The van der Waals surface area contributed by atoms with Crippen molar-refractivity contribution in [3.05, 3.63) is 0 Å². The maximum atomic E-state index is 12.7. The van der Waals surface area contributed by atoms with Gasteiger partial charge in [-0.2, -0.15) is 0 Å². The van der Waals surface area contributed by atoms with Crippen LogP contribution in [0.1, 0.15) is 279 Å². The summed E-state index contributed by atoms with van der Waals surface area (Å²) in [6.45, 7) is 13.6. The molecule has 0 spiro atoms. The molecule has 0 N–H and O–H groups in total. The van der Waals surface area contributed by atoms with Crippen LogP contribution in [0.4, 0.5) is 0 Å². The molecule has 0 amide bonds. The fraction of sp³-hybridized carbons (Fsp3) is 0.942. The molecule has 0 aliphatic rings. The molecule has 1 atom stereocenters. The minimum atomic E-state index is -0.763. The van der Waals surface area contributed by atoms with E-state index in [0.29, 0.717) is 19.3 Å². The van der Waals surface area contributed by atoms with Crippen LogP contribution in [0.25, 0.3) is 0 Å². The van der Waals surface area contributed by atoms with E-state index < -0.39 is 6.10 Å². The summed E-state index contributed by atoms with van der Waals surface area (Å²) in [5.74, 6) is 1.56. The summed E-state index contributed by atoms with van der Waals surface area (Å²) in [6.07, 6.45) is 42.5. The minimum Gasteiger partial charge on any atom is -0.462 e. The first-order valence-corrected chi connectivity index (χ1v) is 25.6. The van der Waals surface area contributed by atoms with Gasteiger partial charge in [0.1, 0.15) is 13.2 Å². The maximum absolute atomic E-state index is 12.7. The minimum absolute atomic E-state index is 0.0659. The largest absolute Gasteiger partial charge is 0.462 e. The number of rotatable bonds is 45. The summed E-state index contributed by atoms with van der Waals surface area (Å²) < 4.78 is 16.8. The van der Waals surface area contributed by atoms with Gasteiger partial charge < -0.3 is 14.2 Å². The smallest absolute Gasteiger partial charge is 0.306 e. The zero-order valence-corrected chi connectivity index (χ0v) is 39.8. The summed E-state index contributed by atoms with van der Waals surface area (Å²) in [6, 6.07) is 0. The molecule has 0 aromatic carbocycles. The Morgan fingerprint density at radius 3 is 0.741 bits per heavy atom. The Morgan fingerprint density at radius 2 is 0.500 bits per heavy atom. The topological polar surface area (TPSA) is 78.9 Å². The van der Waals surface area contributed by atoms with Crippen molar-refractivity contribution in [1.29, 1.82) is 0 Å². The molecule has 0 radical (unpaired) electrons. The van der Waals surface area contributed by atoms with Crippen LogP contribution in [0.15, 0.2) is 0 Å². The van der Waals surface area contributed by atoms with E-state index in [4.69, 9.17) is 14.2 Å². The lowest BCUT2D eigenvalue weighted by molar-refractivity contribution is -0.167. The van der Waals surface area contributed by atoms with Gasteiger partial charge in [-0.15, -0.1) is 0 Å². The van der Waals surface area contributed by atoms with E-state index in [2.05, 4.69) is 41.5 Å². The third-order valence-electron chi connectivity index (χ3n) is 11.6. The van der Waals surface area contributed by atoms with E-state index in [1.807, 2.05) is 0 Å². The number of esters is 3. The SMILES string of the molecule is CC(C)CCCCCCCCCCCCCCCCCCC(=O)OC[C@H](COC(=O)CCCCCCCCCCCC(C)C)OC(=O)CCCCCCCCC(C)C. The Bertz CT molecular complexity index is 898. The van der Waals surface area contributed by atoms with Crippen LogP contribution in [0.3, 0.4) is 0 Å². The quantitative estimate of drug-likeness (QED) is 0.0346. The van der Waals surface area contributed by atoms with Gasteiger partial charge in [-0.1, -0.05) is 241 Å². The Morgan fingerprint density at radius 1 is 0.293 bits per heavy atom. The monoisotopic (exact) mass is 821 g/mol. The van der Waals surface area contributed by atoms with Gasteiger partial charge in [-0.25, -0.2) is 0 Å². The standard InChI is InChI=1S/C52H100O6/c1-46(2)38-32-26-20-16-13-11-9-7-8-10-12-14-18-22-29-35-41-50(53)56-44-49(58-52(55)43-37-31-25-24-28-34-40-48(5)6)45-57-51(54)42-36-30-23-19-15-17-21-27-33-39-47(3)4/h46-49H,7-45H2,1-6H3/t49-/m1/s1. The van der Waals surface area contributed by atoms with Crippen LogP contribution in [-0.2, 0) is 28.6 Å². The van der Waals surface area contributed by atoms with Crippen LogP contribution in [0, 0.1) is 17.8 Å². The molecule has 0 fully saturated rings. The summed E-state index contributed by atoms with van der Waals surface area (Å²) in [5, 5.41) is 0. The van der Waals surface area contributed by atoms with Crippen molar-refractivity contribution in [2.45, 2.75) is 285 Å². The van der Waals surface area contributed by atoms with Crippen LogP contribution in [-0.4, -0.2) is 37.2 Å². The lowest BCUT2D eigenvalue weighted by Gasteiger charge is -2.18. The molecular weight excluding hydrogens is 721 g/mol. The lowest BCUT2D eigenvalue weighted by atomic mass is 10.0. The highest BCUT2D eigenvalue weighted by Crippen LogP contribution is 2.17. The number of carbonyl (C=O) groups is 3. The van der Waals surface area contributed by atoms with Crippen LogP contribution in [0.5, 0.6) is 0 Å². The molecule has 58 heavy (non-hydrogen) atoms. The van der Waals surface area contributed by atoms with Crippen LogP contribution < -0.4 is 0 Å². The highest BCUT2D eigenvalue weighted by Gasteiger charge is 2.19. The predicted octanol–water partition coefficient (Wildman–Crippen LogP) is 16.4. The normalized spacial score (nSPS) is 12.2. The number of unbranched alkanes of at least 4 members (excludes halogenated alkanes) is 28. The molecular formula is C52H100O6. The van der Waals surface area contributed by atoms with Crippen molar-refractivity contribution >= 4 is 17.9 Å². The van der Waals surface area contributed by atoms with E-state index in [1.165, 1.54) is 161 Å². The molecule has 0 bridgehead atoms. The molecule has 0 saturated heterocycles. The molecule has 0 aliphatic carbocycles. The average Bonchev–Trinajstić information content (AvgIpc) is 3.18. The predicted molar refractivity (Wildman–Crippen MR) is 247 cm³/mol. The molecule has 0 aliphatic heterocycles. The van der Waals surface area contributed by atoms with Gasteiger partial charge in [-0.3, -0.25) is 14.4 Å².